The zero-order valence-electron chi connectivity index (χ0n) is 15.8. The number of nitrogens with zero attached hydrogens (tertiary/aromatic N) is 2. The van der Waals surface area contributed by atoms with Crippen LogP contribution in [-0.4, -0.2) is 43.0 Å². The van der Waals surface area contributed by atoms with E-state index in [2.05, 4.69) is 5.32 Å². The number of ether oxygens (including phenoxy) is 2. The molecular weight excluding hydrogens is 350 g/mol. The highest BCUT2D eigenvalue weighted by Crippen LogP contribution is 2.27. The summed E-state index contributed by atoms with van der Waals surface area (Å²) in [6.07, 6.45) is 0. The molecule has 1 amide bonds. The number of likely N-dealkylation sites (N-methyl/N-ethyl adjacent to an activating group) is 1. The van der Waals surface area contributed by atoms with Gasteiger partial charge in [0.05, 0.1) is 25.2 Å². The quantitative estimate of drug-likeness (QED) is 0.564. The van der Waals surface area contributed by atoms with Crippen molar-refractivity contribution in [3.8, 4) is 11.5 Å². The van der Waals surface area contributed by atoms with Crippen molar-refractivity contribution in [1.29, 1.82) is 0 Å². The van der Waals surface area contributed by atoms with Gasteiger partial charge in [-0.2, -0.15) is 0 Å². The van der Waals surface area contributed by atoms with Crippen LogP contribution < -0.4 is 14.8 Å². The molecule has 0 bridgehead atoms. The zero-order valence-corrected chi connectivity index (χ0v) is 15.8. The summed E-state index contributed by atoms with van der Waals surface area (Å²) in [6, 6.07) is 11.0. The Morgan fingerprint density at radius 3 is 2.56 bits per heavy atom. The average Bonchev–Trinajstić information content (AvgIpc) is 2.67. The Bertz CT molecular complexity index is 825. The number of amides is 1. The molecule has 0 radical (unpaired) electrons. The largest absolute Gasteiger partial charge is 0.497 e. The number of nitro benzene ring substituents is 1. The number of anilines is 1. The van der Waals surface area contributed by atoms with E-state index < -0.39 is 11.0 Å². The van der Waals surface area contributed by atoms with E-state index in [9.17, 15) is 14.9 Å². The minimum atomic E-state index is -0.522. The highest BCUT2D eigenvalue weighted by molar-refractivity contribution is 5.96. The molecule has 2 aromatic rings. The normalized spacial score (nSPS) is 11.7. The molecule has 0 aliphatic heterocycles. The van der Waals surface area contributed by atoms with Crippen LogP contribution in [0.2, 0.25) is 0 Å². The van der Waals surface area contributed by atoms with Gasteiger partial charge in [-0.1, -0.05) is 18.2 Å². The second kappa shape index (κ2) is 9.00. The standard InChI is InChI=1S/C19H23N3O5/c1-13(19(23)20-16-7-5-6-8-17(16)22(24)25)21(2)12-14-9-10-15(26-3)11-18(14)27-4/h5-11,13H,12H2,1-4H3,(H,20,23)/t13-/m0/s1. The SMILES string of the molecule is COc1ccc(CN(C)[C@@H](C)C(=O)Nc2ccccc2[N+](=O)[O-])c(OC)c1. The fourth-order valence-corrected chi connectivity index (χ4v) is 2.56. The number of nitro groups is 1. The third kappa shape index (κ3) is 4.95. The Labute approximate surface area is 157 Å². The molecule has 8 nitrogen and oxygen atoms in total. The fourth-order valence-electron chi connectivity index (χ4n) is 2.56. The minimum Gasteiger partial charge on any atom is -0.497 e. The number of rotatable bonds is 8. The number of nitrogens with one attached hydrogen (secondary N) is 1. The summed E-state index contributed by atoms with van der Waals surface area (Å²) in [5.41, 5.74) is 0.929. The van der Waals surface area contributed by atoms with Gasteiger partial charge in [0, 0.05) is 24.2 Å². The maximum absolute atomic E-state index is 12.5. The van der Waals surface area contributed by atoms with Crippen LogP contribution in [0.4, 0.5) is 11.4 Å². The third-order valence-electron chi connectivity index (χ3n) is 4.31. The average molecular weight is 373 g/mol. The number of methoxy groups -OCH3 is 2. The molecule has 144 valence electrons. The van der Waals surface area contributed by atoms with Gasteiger partial charge in [0.25, 0.3) is 5.69 Å². The molecule has 0 unspecified atom stereocenters. The molecule has 0 heterocycles. The molecule has 0 saturated heterocycles. The zero-order chi connectivity index (χ0) is 20.0. The van der Waals surface area contributed by atoms with Crippen molar-refractivity contribution in [3.05, 3.63) is 58.1 Å². The lowest BCUT2D eigenvalue weighted by molar-refractivity contribution is -0.383. The number of benzene rings is 2. The first-order chi connectivity index (χ1) is 12.9. The maximum Gasteiger partial charge on any atom is 0.292 e. The van der Waals surface area contributed by atoms with E-state index in [1.165, 1.54) is 12.1 Å². The van der Waals surface area contributed by atoms with E-state index in [0.29, 0.717) is 18.0 Å². The van der Waals surface area contributed by atoms with E-state index >= 15 is 0 Å². The number of carbonyl (C=O) groups excluding carboxylic acids is 1. The first-order valence-corrected chi connectivity index (χ1v) is 8.32. The number of para-hydroxylation sites is 2. The molecule has 1 atom stereocenters. The topological polar surface area (TPSA) is 93.9 Å². The van der Waals surface area contributed by atoms with E-state index in [1.54, 1.807) is 46.4 Å². The third-order valence-corrected chi connectivity index (χ3v) is 4.31. The van der Waals surface area contributed by atoms with Crippen molar-refractivity contribution in [2.24, 2.45) is 0 Å². The van der Waals surface area contributed by atoms with Crippen LogP contribution in [0.15, 0.2) is 42.5 Å². The van der Waals surface area contributed by atoms with Crippen LogP contribution in [0.25, 0.3) is 0 Å². The molecule has 27 heavy (non-hydrogen) atoms. The lowest BCUT2D eigenvalue weighted by atomic mass is 10.1. The van der Waals surface area contributed by atoms with Crippen LogP contribution in [0.1, 0.15) is 12.5 Å². The lowest BCUT2D eigenvalue weighted by Gasteiger charge is -2.24. The molecule has 0 spiro atoms. The first kappa shape index (κ1) is 20.2. The predicted octanol–water partition coefficient (Wildman–Crippen LogP) is 3.07. The van der Waals surface area contributed by atoms with E-state index in [0.717, 1.165) is 5.56 Å². The van der Waals surface area contributed by atoms with Crippen molar-refractivity contribution < 1.29 is 19.2 Å². The van der Waals surface area contributed by atoms with Gasteiger partial charge in [0.1, 0.15) is 17.2 Å². The number of hydrogen-bond acceptors (Lipinski definition) is 6. The van der Waals surface area contributed by atoms with Gasteiger partial charge in [0.15, 0.2) is 0 Å². The molecule has 0 aliphatic rings. The lowest BCUT2D eigenvalue weighted by Crippen LogP contribution is -2.39. The van der Waals surface area contributed by atoms with Gasteiger partial charge >= 0.3 is 0 Å². The number of hydrogen-bond donors (Lipinski definition) is 1. The van der Waals surface area contributed by atoms with Crippen LogP contribution in [0, 0.1) is 10.1 Å². The van der Waals surface area contributed by atoms with E-state index in [-0.39, 0.29) is 17.3 Å². The number of carbonyl (C=O) groups is 1. The summed E-state index contributed by atoms with van der Waals surface area (Å²) in [4.78, 5) is 24.9. The van der Waals surface area contributed by atoms with Crippen LogP contribution in [-0.2, 0) is 11.3 Å². The van der Waals surface area contributed by atoms with Crippen LogP contribution in [0.3, 0.4) is 0 Å². The predicted molar refractivity (Wildman–Crippen MR) is 102 cm³/mol. The Hall–Kier alpha value is -3.13. The fraction of sp³-hybridized carbons (Fsp3) is 0.316. The summed E-state index contributed by atoms with van der Waals surface area (Å²) in [5.74, 6) is 1.01. The Kier molecular flexibility index (Phi) is 6.73. The molecule has 0 saturated carbocycles. The van der Waals surface area contributed by atoms with Crippen molar-refractivity contribution in [2.45, 2.75) is 19.5 Å². The van der Waals surface area contributed by atoms with Gasteiger partial charge in [-0.3, -0.25) is 19.8 Å². The monoisotopic (exact) mass is 373 g/mol. The van der Waals surface area contributed by atoms with E-state index in [4.69, 9.17) is 9.47 Å². The molecule has 1 N–H and O–H groups in total. The minimum absolute atomic E-state index is 0.141. The van der Waals surface area contributed by atoms with Crippen LogP contribution >= 0.6 is 0 Å². The Morgan fingerprint density at radius 1 is 1.22 bits per heavy atom. The van der Waals surface area contributed by atoms with Gasteiger partial charge in [-0.15, -0.1) is 0 Å². The van der Waals surface area contributed by atoms with Crippen molar-refractivity contribution in [2.75, 3.05) is 26.6 Å². The van der Waals surface area contributed by atoms with Gasteiger partial charge in [0.2, 0.25) is 5.91 Å². The highest BCUT2D eigenvalue weighted by Gasteiger charge is 2.22. The summed E-state index contributed by atoms with van der Waals surface area (Å²) in [7, 11) is 4.95. The molecular formula is C19H23N3O5. The molecule has 8 heteroatoms. The second-order valence-electron chi connectivity index (χ2n) is 6.03. The van der Waals surface area contributed by atoms with Crippen LogP contribution in [0.5, 0.6) is 11.5 Å². The van der Waals surface area contributed by atoms with Crippen molar-refractivity contribution >= 4 is 17.3 Å². The maximum atomic E-state index is 12.5. The molecule has 2 rings (SSSR count). The summed E-state index contributed by atoms with van der Waals surface area (Å²) in [6.45, 7) is 2.19. The molecule has 0 aromatic heterocycles. The Balaban J connectivity index is 2.10. The highest BCUT2D eigenvalue weighted by atomic mass is 16.6. The summed E-state index contributed by atoms with van der Waals surface area (Å²) >= 11 is 0. The van der Waals surface area contributed by atoms with Crippen molar-refractivity contribution in [1.82, 2.24) is 4.90 Å². The van der Waals surface area contributed by atoms with Gasteiger partial charge in [-0.25, -0.2) is 0 Å². The van der Waals surface area contributed by atoms with E-state index in [1.807, 2.05) is 17.0 Å². The summed E-state index contributed by atoms with van der Waals surface area (Å²) in [5, 5.41) is 13.7. The second-order valence-corrected chi connectivity index (χ2v) is 6.03. The molecule has 0 aliphatic carbocycles. The van der Waals surface area contributed by atoms with Gasteiger partial charge in [-0.05, 0) is 26.1 Å². The smallest absolute Gasteiger partial charge is 0.292 e. The Morgan fingerprint density at radius 2 is 1.93 bits per heavy atom. The molecule has 0 fully saturated rings. The van der Waals surface area contributed by atoms with Gasteiger partial charge < -0.3 is 14.8 Å². The van der Waals surface area contributed by atoms with Crippen molar-refractivity contribution in [3.63, 3.8) is 0 Å². The first-order valence-electron chi connectivity index (χ1n) is 8.32. The summed E-state index contributed by atoms with van der Waals surface area (Å²) < 4.78 is 10.6. The molecule has 2 aromatic carbocycles.